The van der Waals surface area contributed by atoms with E-state index in [4.69, 9.17) is 0 Å². The lowest BCUT2D eigenvalue weighted by molar-refractivity contribution is -0.137. The first-order valence-corrected chi connectivity index (χ1v) is 14.2. The summed E-state index contributed by atoms with van der Waals surface area (Å²) in [5, 5.41) is 14.1. The van der Waals surface area contributed by atoms with E-state index in [-0.39, 0.29) is 29.1 Å². The molecule has 1 atom stereocenters. The van der Waals surface area contributed by atoms with E-state index in [1.54, 1.807) is 11.9 Å². The van der Waals surface area contributed by atoms with Crippen molar-refractivity contribution in [2.75, 3.05) is 12.4 Å². The molecule has 0 heterocycles. The lowest BCUT2D eigenvalue weighted by Crippen LogP contribution is -2.38. The number of phenolic OH excluding ortho intramolecular Hbond substituents is 1. The second kappa shape index (κ2) is 12.3. The van der Waals surface area contributed by atoms with E-state index in [1.807, 2.05) is 66.7 Å². The Bertz CT molecular complexity index is 1280. The highest BCUT2D eigenvalue weighted by Gasteiger charge is 2.30. The Kier molecular flexibility index (Phi) is 9.50. The summed E-state index contributed by atoms with van der Waals surface area (Å²) in [6, 6.07) is 20.5. The van der Waals surface area contributed by atoms with Gasteiger partial charge in [0, 0.05) is 19.2 Å². The van der Waals surface area contributed by atoms with E-state index in [2.05, 4.69) is 60.7 Å². The Labute approximate surface area is 240 Å². The van der Waals surface area contributed by atoms with Crippen LogP contribution in [-0.2, 0) is 26.8 Å². The van der Waals surface area contributed by atoms with Crippen LogP contribution in [0.15, 0.2) is 66.7 Å². The van der Waals surface area contributed by atoms with Crippen molar-refractivity contribution in [2.24, 2.45) is 0 Å². The van der Waals surface area contributed by atoms with E-state index in [0.717, 1.165) is 22.3 Å². The largest absolute Gasteiger partial charge is 0.507 e. The molecule has 3 rings (SSSR count). The molecule has 0 aliphatic heterocycles. The number of nitrogens with one attached hydrogen (secondary N) is 1. The van der Waals surface area contributed by atoms with Crippen molar-refractivity contribution >= 4 is 17.5 Å². The lowest BCUT2D eigenvalue weighted by Gasteiger charge is -2.29. The van der Waals surface area contributed by atoms with E-state index in [1.165, 1.54) is 5.56 Å². The number of amides is 2. The van der Waals surface area contributed by atoms with Gasteiger partial charge in [-0.25, -0.2) is 0 Å². The number of nitrogens with zero attached hydrogens (tertiary/aromatic N) is 1. The fourth-order valence-electron chi connectivity index (χ4n) is 4.90. The van der Waals surface area contributed by atoms with E-state index in [0.29, 0.717) is 23.8 Å². The van der Waals surface area contributed by atoms with Crippen molar-refractivity contribution in [1.82, 2.24) is 4.90 Å². The number of hydrogen-bond donors (Lipinski definition) is 2. The van der Waals surface area contributed by atoms with Crippen molar-refractivity contribution in [1.29, 1.82) is 0 Å². The van der Waals surface area contributed by atoms with Crippen LogP contribution in [0.3, 0.4) is 0 Å². The number of aromatic hydroxyl groups is 1. The molecular formula is C35H46N2O3. The van der Waals surface area contributed by atoms with Crippen LogP contribution in [0.4, 0.5) is 5.69 Å². The Morgan fingerprint density at radius 1 is 0.825 bits per heavy atom. The number of anilines is 1. The maximum absolute atomic E-state index is 13.6. The van der Waals surface area contributed by atoms with Gasteiger partial charge in [-0.15, -0.1) is 0 Å². The zero-order valence-corrected chi connectivity index (χ0v) is 25.6. The van der Waals surface area contributed by atoms with Crippen molar-refractivity contribution in [3.05, 3.63) is 94.5 Å². The van der Waals surface area contributed by atoms with E-state index < -0.39 is 6.04 Å². The zero-order valence-electron chi connectivity index (χ0n) is 25.6. The smallest absolute Gasteiger partial charge is 0.251 e. The molecule has 40 heavy (non-hydrogen) atoms. The fraction of sp³-hybridized carbons (Fsp3) is 0.429. The minimum absolute atomic E-state index is 0.123. The van der Waals surface area contributed by atoms with E-state index >= 15 is 0 Å². The maximum atomic E-state index is 13.6. The molecule has 5 heteroatoms. The van der Waals surface area contributed by atoms with Crippen LogP contribution in [0.5, 0.6) is 5.75 Å². The first-order valence-electron chi connectivity index (χ1n) is 14.2. The average molecular weight is 543 g/mol. The van der Waals surface area contributed by atoms with Crippen molar-refractivity contribution in [3.63, 3.8) is 0 Å². The van der Waals surface area contributed by atoms with Crippen LogP contribution < -0.4 is 5.32 Å². The molecule has 0 spiro atoms. The van der Waals surface area contributed by atoms with Gasteiger partial charge < -0.3 is 15.3 Å². The third-order valence-corrected chi connectivity index (χ3v) is 7.40. The molecule has 214 valence electrons. The molecule has 0 radical (unpaired) electrons. The standard InChI is InChI=1S/C35H46N2O3/c1-23(2)25-16-18-27(19-17-25)36-33(40)31(26-13-11-10-12-14-26)37(9)30(38)20-15-24-21-28(34(3,4)5)32(39)29(22-24)35(6,7)8/h10-14,16-19,21-23,31,39H,15,20H2,1-9H3,(H,36,40)/t31-/m0/s1. The number of likely N-dealkylation sites (N-methyl/N-ethyl adjacent to an activating group) is 1. The number of carbonyl (C=O) groups excluding carboxylic acids is 2. The molecule has 0 saturated heterocycles. The third-order valence-electron chi connectivity index (χ3n) is 7.40. The quantitative estimate of drug-likeness (QED) is 0.304. The summed E-state index contributed by atoms with van der Waals surface area (Å²) in [6.07, 6.45) is 0.754. The summed E-state index contributed by atoms with van der Waals surface area (Å²) >= 11 is 0. The first-order chi connectivity index (χ1) is 18.6. The average Bonchev–Trinajstić information content (AvgIpc) is 2.87. The van der Waals surface area contributed by atoms with Crippen molar-refractivity contribution in [3.8, 4) is 5.75 Å². The van der Waals surface area contributed by atoms with Crippen molar-refractivity contribution < 1.29 is 14.7 Å². The Morgan fingerprint density at radius 2 is 1.35 bits per heavy atom. The SMILES string of the molecule is CC(C)c1ccc(NC(=O)[C@H](c2ccccc2)N(C)C(=O)CCc2cc(C(C)(C)C)c(O)c(C(C)(C)C)c2)cc1. The molecule has 0 aliphatic rings. The highest BCUT2D eigenvalue weighted by atomic mass is 16.3. The van der Waals surface area contributed by atoms with Gasteiger partial charge in [-0.3, -0.25) is 9.59 Å². The van der Waals surface area contributed by atoms with Gasteiger partial charge in [-0.05, 0) is 63.1 Å². The molecule has 0 aliphatic carbocycles. The topological polar surface area (TPSA) is 69.6 Å². The molecular weight excluding hydrogens is 496 g/mol. The predicted molar refractivity (Wildman–Crippen MR) is 165 cm³/mol. The highest BCUT2D eigenvalue weighted by Crippen LogP contribution is 2.40. The number of carbonyl (C=O) groups is 2. The fourth-order valence-corrected chi connectivity index (χ4v) is 4.90. The summed E-state index contributed by atoms with van der Waals surface area (Å²) in [7, 11) is 1.69. The van der Waals surface area contributed by atoms with Gasteiger partial charge in [-0.1, -0.05) is 110 Å². The molecule has 5 nitrogen and oxygen atoms in total. The molecule has 3 aromatic rings. The van der Waals surface area contributed by atoms with Gasteiger partial charge in [0.05, 0.1) is 0 Å². The predicted octanol–water partition coefficient (Wildman–Crippen LogP) is 7.88. The van der Waals surface area contributed by atoms with Gasteiger partial charge in [0.1, 0.15) is 11.8 Å². The number of benzene rings is 3. The van der Waals surface area contributed by atoms with Crippen LogP contribution in [0.2, 0.25) is 0 Å². The van der Waals surface area contributed by atoms with Gasteiger partial charge in [0.15, 0.2) is 0 Å². The normalized spacial score (nSPS) is 12.8. The summed E-state index contributed by atoms with van der Waals surface area (Å²) in [5.74, 6) is 0.350. The Hall–Kier alpha value is -3.60. The Morgan fingerprint density at radius 3 is 1.82 bits per heavy atom. The second-order valence-electron chi connectivity index (χ2n) is 13.1. The summed E-state index contributed by atoms with van der Waals surface area (Å²) in [6.45, 7) is 16.7. The highest BCUT2D eigenvalue weighted by molar-refractivity contribution is 5.97. The lowest BCUT2D eigenvalue weighted by atomic mass is 9.78. The molecule has 0 saturated carbocycles. The molecule has 0 fully saturated rings. The monoisotopic (exact) mass is 542 g/mol. The van der Waals surface area contributed by atoms with Gasteiger partial charge in [-0.2, -0.15) is 0 Å². The van der Waals surface area contributed by atoms with Crippen LogP contribution in [0.1, 0.15) is 102 Å². The molecule has 0 aromatic heterocycles. The number of aryl methyl sites for hydroxylation is 1. The second-order valence-corrected chi connectivity index (χ2v) is 13.1. The minimum Gasteiger partial charge on any atom is -0.507 e. The van der Waals surface area contributed by atoms with Gasteiger partial charge >= 0.3 is 0 Å². The van der Waals surface area contributed by atoms with Crippen LogP contribution >= 0.6 is 0 Å². The summed E-state index contributed by atoms with van der Waals surface area (Å²) in [5.41, 5.74) is 4.91. The van der Waals surface area contributed by atoms with Crippen LogP contribution in [0, 0.1) is 0 Å². The maximum Gasteiger partial charge on any atom is 0.251 e. The number of hydrogen-bond acceptors (Lipinski definition) is 3. The third kappa shape index (κ3) is 7.53. The molecule has 2 amide bonds. The van der Waals surface area contributed by atoms with Crippen LogP contribution in [0.25, 0.3) is 0 Å². The van der Waals surface area contributed by atoms with Gasteiger partial charge in [0.25, 0.3) is 5.91 Å². The summed E-state index contributed by atoms with van der Waals surface area (Å²) < 4.78 is 0. The molecule has 0 bridgehead atoms. The van der Waals surface area contributed by atoms with Crippen LogP contribution in [-0.4, -0.2) is 28.9 Å². The number of rotatable bonds is 8. The Balaban J connectivity index is 1.84. The van der Waals surface area contributed by atoms with E-state index in [9.17, 15) is 14.7 Å². The van der Waals surface area contributed by atoms with Gasteiger partial charge in [0.2, 0.25) is 5.91 Å². The molecule has 2 N–H and O–H groups in total. The first kappa shape index (κ1) is 30.9. The number of phenols is 1. The minimum atomic E-state index is -0.770. The molecule has 3 aromatic carbocycles. The zero-order chi connectivity index (χ0) is 29.8. The molecule has 0 unspecified atom stereocenters. The summed E-state index contributed by atoms with van der Waals surface area (Å²) in [4.78, 5) is 28.6. The van der Waals surface area contributed by atoms with Crippen molar-refractivity contribution in [2.45, 2.75) is 91.0 Å².